The van der Waals surface area contributed by atoms with E-state index in [0.717, 1.165) is 0 Å². The molecule has 0 aromatic heterocycles. The summed E-state index contributed by atoms with van der Waals surface area (Å²) in [6, 6.07) is 0. The zero-order valence-electron chi connectivity index (χ0n) is 3.47. The topological polar surface area (TPSA) is 26.0 Å². The summed E-state index contributed by atoms with van der Waals surface area (Å²) in [4.78, 5) is 0. The molecule has 8 heavy (non-hydrogen) atoms. The third-order valence-electron chi connectivity index (χ3n) is 0.316. The summed E-state index contributed by atoms with van der Waals surface area (Å²) < 4.78 is 3.22. The van der Waals surface area contributed by atoms with E-state index in [9.17, 15) is 0 Å². The number of hydrogen-bond acceptors (Lipinski definition) is 1. The lowest BCUT2D eigenvalue weighted by atomic mass is 11.6. The quantitative estimate of drug-likeness (QED) is 0.324. The molecule has 1 aliphatic heterocycles. The fourth-order valence-electron chi connectivity index (χ4n) is 0.143. The summed E-state index contributed by atoms with van der Waals surface area (Å²) in [5.74, 6) is 0. The maximum Gasteiger partial charge on any atom is 0.0940 e. The van der Waals surface area contributed by atoms with Crippen molar-refractivity contribution in [2.24, 2.45) is 5.73 Å². The Labute approximate surface area is 87.9 Å². The molecule has 0 aliphatic carbocycles. The lowest BCUT2D eigenvalue weighted by molar-refractivity contribution is 1.92. The second-order valence-electron chi connectivity index (χ2n) is 0.790. The van der Waals surface area contributed by atoms with Gasteiger partial charge in [0.25, 0.3) is 0 Å². The smallest absolute Gasteiger partial charge is 0.0940 e. The minimum Gasteiger partial charge on any atom is -0.292 e. The Morgan fingerprint density at radius 1 is 1.25 bits per heavy atom. The summed E-state index contributed by atoms with van der Waals surface area (Å²) >= 11 is 5.37. The third-order valence-corrected chi connectivity index (χ3v) is 52.2. The van der Waals surface area contributed by atoms with Crippen LogP contribution in [0.25, 0.3) is 0 Å². The van der Waals surface area contributed by atoms with Crippen LogP contribution >= 0.6 is 82.6 Å². The zero-order chi connectivity index (χ0) is 5.98. The van der Waals surface area contributed by atoms with Crippen molar-refractivity contribution in [2.75, 3.05) is 0 Å². The Bertz CT molecular complexity index is 162. The molecule has 0 aromatic rings. The molecule has 0 radical (unpaired) electrons. The molecule has 0 spiro atoms. The highest BCUT2D eigenvalue weighted by atomic mass is 128. The van der Waals surface area contributed by atoms with Gasteiger partial charge in [-0.3, -0.25) is 5.73 Å². The molecule has 0 amide bonds. The second kappa shape index (κ2) is 4.87. The SMILES string of the molecule is NC1=II=C(Br)I=I1. The number of halogens is 5. The van der Waals surface area contributed by atoms with Crippen LogP contribution in [-0.2, 0) is 0 Å². The van der Waals surface area contributed by atoms with Crippen molar-refractivity contribution in [3.05, 3.63) is 0 Å². The van der Waals surface area contributed by atoms with Crippen molar-refractivity contribution >= 4 is 84.7 Å². The minimum absolute atomic E-state index is 0.409. The minimum atomic E-state index is 0.409. The third kappa shape index (κ3) is 3.48. The molecule has 1 heterocycles. The summed E-state index contributed by atoms with van der Waals surface area (Å²) in [6.07, 6.45) is 0. The van der Waals surface area contributed by atoms with E-state index >= 15 is 0 Å². The summed E-state index contributed by atoms with van der Waals surface area (Å²) in [7, 11) is 0. The van der Waals surface area contributed by atoms with E-state index in [1.54, 1.807) is 0.425 Å². The van der Waals surface area contributed by atoms with Gasteiger partial charge in [-0.2, -0.15) is 0 Å². The standard InChI is InChI=1S/C2H2BrI4N/c3-1-4-6-2(8)7-5-1/h8H2. The van der Waals surface area contributed by atoms with Gasteiger partial charge in [-0.1, -0.05) is 0 Å². The van der Waals surface area contributed by atoms with Crippen LogP contribution in [-0.4, -0.2) is 2.06 Å². The monoisotopic (exact) mass is 627 g/mol. The Kier molecular flexibility index (Phi) is 5.60. The largest absolute Gasteiger partial charge is 0.292 e. The molecular weight excluding hydrogens is 626 g/mol. The summed E-state index contributed by atoms with van der Waals surface area (Å²) in [5, 5.41) is 0. The van der Waals surface area contributed by atoms with Crippen molar-refractivity contribution in [1.29, 1.82) is 0 Å². The average molecular weight is 628 g/mol. The molecule has 0 atom stereocenters. The van der Waals surface area contributed by atoms with Crippen LogP contribution in [0.4, 0.5) is 0 Å². The number of nitrogens with two attached hydrogens (primary N) is 1. The molecule has 1 nitrogen and oxygen atoms in total. The van der Waals surface area contributed by atoms with Crippen molar-refractivity contribution in [3.63, 3.8) is 0 Å². The molecule has 1 rings (SSSR count). The Balaban J connectivity index is 2.86. The lowest BCUT2D eigenvalue weighted by Crippen LogP contribution is -1.96. The van der Waals surface area contributed by atoms with E-state index < -0.39 is 0 Å². The first-order valence-electron chi connectivity index (χ1n) is 1.52. The predicted octanol–water partition coefficient (Wildman–Crippen LogP) is 3.24. The molecular formula is C2H2BrI4N. The lowest BCUT2D eigenvalue weighted by Gasteiger charge is -1.91. The Hall–Kier alpha value is 3.10. The molecule has 2 N–H and O–H groups in total. The van der Waals surface area contributed by atoms with Crippen molar-refractivity contribution in [3.8, 4) is 0 Å². The molecule has 0 fully saturated rings. The summed E-state index contributed by atoms with van der Waals surface area (Å²) in [6.45, 7) is 0. The van der Waals surface area contributed by atoms with Gasteiger partial charge < -0.3 is 0 Å². The highest BCUT2D eigenvalue weighted by Gasteiger charge is 1.92. The van der Waals surface area contributed by atoms with E-state index in [2.05, 4.69) is 15.9 Å². The molecule has 50 valence electrons. The molecule has 0 aromatic carbocycles. The first kappa shape index (κ1) is 9.19. The highest BCUT2D eigenvalue weighted by molar-refractivity contribution is 15.1. The van der Waals surface area contributed by atoms with Crippen LogP contribution in [0.2, 0.25) is 0 Å². The zero-order valence-corrected chi connectivity index (χ0v) is 13.7. The van der Waals surface area contributed by atoms with Crippen molar-refractivity contribution in [1.82, 2.24) is 0 Å². The van der Waals surface area contributed by atoms with Gasteiger partial charge in [-0.05, 0) is 82.6 Å². The van der Waals surface area contributed by atoms with Gasteiger partial charge in [0.05, 0.1) is 2.06 Å². The van der Waals surface area contributed by atoms with Crippen LogP contribution in [0.15, 0.2) is 0 Å². The van der Waals surface area contributed by atoms with E-state index in [1.165, 1.54) is 1.64 Å². The molecule has 1 aliphatic rings. The Morgan fingerprint density at radius 3 is 2.38 bits per heavy atom. The molecule has 0 bridgehead atoms. The van der Waals surface area contributed by atoms with Crippen LogP contribution in [0.1, 0.15) is 0 Å². The van der Waals surface area contributed by atoms with Crippen LogP contribution < -0.4 is 5.73 Å². The van der Waals surface area contributed by atoms with Gasteiger partial charge >= 0.3 is 0 Å². The van der Waals surface area contributed by atoms with Gasteiger partial charge in [-0.25, -0.2) is 0 Å². The van der Waals surface area contributed by atoms with Gasteiger partial charge in [0.1, 0.15) is 0 Å². The van der Waals surface area contributed by atoms with Gasteiger partial charge in [-0.15, -0.1) is 0 Å². The first-order chi connectivity index (χ1) is 3.79. The second-order valence-corrected chi connectivity index (χ2v) is 25.7. The van der Waals surface area contributed by atoms with Crippen LogP contribution in [0, 0.1) is 0 Å². The maximum absolute atomic E-state index is 5.73. The van der Waals surface area contributed by atoms with Gasteiger partial charge in [0.2, 0.25) is 0 Å². The Morgan fingerprint density at radius 2 is 2.00 bits per heavy atom. The molecule has 0 saturated heterocycles. The molecule has 0 saturated carbocycles. The maximum atomic E-state index is 5.73. The van der Waals surface area contributed by atoms with Crippen LogP contribution in [0.5, 0.6) is 0 Å². The fraction of sp³-hybridized carbons (Fsp3) is 0. The van der Waals surface area contributed by atoms with E-state index in [-0.39, 0.29) is 0 Å². The van der Waals surface area contributed by atoms with Crippen LogP contribution in [0.3, 0.4) is 0 Å². The summed E-state index contributed by atoms with van der Waals surface area (Å²) in [5.41, 5.74) is 5.73. The van der Waals surface area contributed by atoms with Gasteiger partial charge in [0.15, 0.2) is 0 Å². The average Bonchev–Trinajstić information content (AvgIpc) is 1.77. The van der Waals surface area contributed by atoms with E-state index in [1.807, 2.05) is 0 Å². The predicted molar refractivity (Wildman–Crippen MR) is 79.2 cm³/mol. The normalized spacial score (nSPS) is 21.8. The molecule has 6 heteroatoms. The van der Waals surface area contributed by atoms with Gasteiger partial charge in [0, 0.05) is 0 Å². The van der Waals surface area contributed by atoms with Crippen molar-refractivity contribution < 1.29 is 0 Å². The molecule has 0 unspecified atom stereocenters. The van der Waals surface area contributed by atoms with E-state index in [0.29, 0.717) is 66.7 Å². The van der Waals surface area contributed by atoms with Crippen molar-refractivity contribution in [2.45, 2.75) is 0 Å². The highest BCUT2D eigenvalue weighted by Crippen LogP contribution is 2.41. The van der Waals surface area contributed by atoms with E-state index in [4.69, 9.17) is 5.73 Å². The number of hydrogen-bond donors (Lipinski definition) is 1. The number of rotatable bonds is 0. The fourth-order valence-corrected chi connectivity index (χ4v) is 65.8. The first-order valence-corrected chi connectivity index (χ1v) is 19.2.